The van der Waals surface area contributed by atoms with Crippen LogP contribution in [-0.4, -0.2) is 50.8 Å². The van der Waals surface area contributed by atoms with E-state index in [0.29, 0.717) is 6.54 Å². The van der Waals surface area contributed by atoms with Crippen molar-refractivity contribution in [1.82, 2.24) is 10.0 Å². The Hall–Kier alpha value is -1.74. The van der Waals surface area contributed by atoms with Crippen LogP contribution in [0.1, 0.15) is 18.9 Å². The molecule has 1 aromatic carbocycles. The number of hydrogen-bond acceptors (Lipinski definition) is 5. The van der Waals surface area contributed by atoms with Gasteiger partial charge in [-0.3, -0.25) is 4.79 Å². The van der Waals surface area contributed by atoms with Gasteiger partial charge in [-0.05, 0) is 26.0 Å². The fourth-order valence-corrected chi connectivity index (χ4v) is 3.75. The molecule has 1 aromatic rings. The minimum absolute atomic E-state index is 0.123. The van der Waals surface area contributed by atoms with Gasteiger partial charge in [0.15, 0.2) is 0 Å². The molecule has 1 heterocycles. The molecule has 0 aliphatic carbocycles. The summed E-state index contributed by atoms with van der Waals surface area (Å²) in [5.74, 6) is -0.160. The predicted molar refractivity (Wildman–Crippen MR) is 93.5 cm³/mol. The molecule has 1 aliphatic heterocycles. The molecular formula is C17H24N2O5S. The summed E-state index contributed by atoms with van der Waals surface area (Å²) in [6.07, 6.45) is 2.13. The normalized spacial score (nSPS) is 23.4. The Morgan fingerprint density at radius 2 is 1.92 bits per heavy atom. The Bertz CT molecular complexity index is 715. The number of benzene rings is 1. The molecule has 0 bridgehead atoms. The van der Waals surface area contributed by atoms with Crippen LogP contribution < -0.4 is 10.0 Å². The first-order valence-corrected chi connectivity index (χ1v) is 9.64. The van der Waals surface area contributed by atoms with E-state index in [2.05, 4.69) is 10.0 Å². The van der Waals surface area contributed by atoms with Crippen molar-refractivity contribution >= 4 is 15.9 Å². The van der Waals surface area contributed by atoms with E-state index < -0.39 is 28.3 Å². The molecule has 0 saturated heterocycles. The number of amides is 1. The van der Waals surface area contributed by atoms with Gasteiger partial charge >= 0.3 is 0 Å². The number of hydrogen-bond donors (Lipinski definition) is 3. The maximum Gasteiger partial charge on any atom is 0.241 e. The molecular weight excluding hydrogens is 344 g/mol. The molecule has 7 nitrogen and oxygen atoms in total. The molecule has 0 radical (unpaired) electrons. The van der Waals surface area contributed by atoms with E-state index in [4.69, 9.17) is 4.74 Å². The average Bonchev–Trinajstić information content (AvgIpc) is 2.56. The Balaban J connectivity index is 2.08. The van der Waals surface area contributed by atoms with Gasteiger partial charge < -0.3 is 15.2 Å². The van der Waals surface area contributed by atoms with E-state index in [1.54, 1.807) is 24.3 Å². The number of nitrogens with one attached hydrogen (secondary N) is 2. The van der Waals surface area contributed by atoms with Gasteiger partial charge in [0.25, 0.3) is 0 Å². The van der Waals surface area contributed by atoms with Crippen LogP contribution in [0.3, 0.4) is 0 Å². The minimum atomic E-state index is -3.74. The maximum atomic E-state index is 12.5. The quantitative estimate of drug-likeness (QED) is 0.608. The van der Waals surface area contributed by atoms with E-state index in [-0.39, 0.29) is 23.8 Å². The largest absolute Gasteiger partial charge is 0.394 e. The van der Waals surface area contributed by atoms with Crippen LogP contribution in [0, 0.1) is 6.92 Å². The van der Waals surface area contributed by atoms with Crippen LogP contribution in [0.4, 0.5) is 0 Å². The fourth-order valence-electron chi connectivity index (χ4n) is 2.53. The van der Waals surface area contributed by atoms with Crippen LogP contribution in [0.2, 0.25) is 0 Å². The second kappa shape index (κ2) is 8.57. The SMILES string of the molecule is CCNC(=O)C[C@@H]1C=C[C@H](NS(=O)(=O)c2ccc(C)cc2)[C@H](CO)O1. The average molecular weight is 368 g/mol. The van der Waals surface area contributed by atoms with Gasteiger partial charge in [-0.15, -0.1) is 0 Å². The van der Waals surface area contributed by atoms with Gasteiger partial charge in [0.1, 0.15) is 6.10 Å². The number of carbonyl (C=O) groups is 1. The standard InChI is InChI=1S/C17H24N2O5S/c1-3-18-17(21)10-13-6-9-15(16(11-20)24-13)19-25(22,23)14-7-4-12(2)5-8-14/h4-9,13,15-16,19-20H,3,10-11H2,1-2H3,(H,18,21)/t13-,15-,16-/m0/s1. The number of sulfonamides is 1. The van der Waals surface area contributed by atoms with E-state index in [0.717, 1.165) is 5.56 Å². The lowest BCUT2D eigenvalue weighted by molar-refractivity contribution is -0.125. The first kappa shape index (κ1) is 19.6. The van der Waals surface area contributed by atoms with Crippen LogP contribution in [0.15, 0.2) is 41.3 Å². The zero-order chi connectivity index (χ0) is 18.4. The number of ether oxygens (including phenoxy) is 1. The molecule has 0 unspecified atom stereocenters. The molecule has 0 fully saturated rings. The molecule has 8 heteroatoms. The lowest BCUT2D eigenvalue weighted by atomic mass is 10.1. The highest BCUT2D eigenvalue weighted by molar-refractivity contribution is 7.89. The summed E-state index contributed by atoms with van der Waals surface area (Å²) in [5.41, 5.74) is 0.960. The van der Waals surface area contributed by atoms with E-state index >= 15 is 0 Å². The van der Waals surface area contributed by atoms with Crippen LogP contribution in [-0.2, 0) is 19.6 Å². The summed E-state index contributed by atoms with van der Waals surface area (Å²) in [6, 6.07) is 5.77. The predicted octanol–water partition coefficient (Wildman–Crippen LogP) is 0.484. The lowest BCUT2D eigenvalue weighted by Crippen LogP contribution is -2.49. The molecule has 25 heavy (non-hydrogen) atoms. The van der Waals surface area contributed by atoms with Gasteiger partial charge in [0.2, 0.25) is 15.9 Å². The van der Waals surface area contributed by atoms with Gasteiger partial charge in [-0.1, -0.05) is 29.8 Å². The van der Waals surface area contributed by atoms with Crippen molar-refractivity contribution in [2.75, 3.05) is 13.2 Å². The summed E-state index contributed by atoms with van der Waals surface area (Å²) in [5, 5.41) is 12.2. The topological polar surface area (TPSA) is 105 Å². The summed E-state index contributed by atoms with van der Waals surface area (Å²) < 4.78 is 33.1. The van der Waals surface area contributed by atoms with Gasteiger partial charge in [-0.25, -0.2) is 13.1 Å². The Morgan fingerprint density at radius 1 is 1.24 bits per heavy atom. The molecule has 1 aliphatic rings. The van der Waals surface area contributed by atoms with Crippen LogP contribution in [0.25, 0.3) is 0 Å². The molecule has 1 amide bonds. The molecule has 3 N–H and O–H groups in total. The van der Waals surface area contributed by atoms with Crippen LogP contribution in [0.5, 0.6) is 0 Å². The van der Waals surface area contributed by atoms with E-state index in [1.165, 1.54) is 12.1 Å². The van der Waals surface area contributed by atoms with Crippen molar-refractivity contribution in [1.29, 1.82) is 0 Å². The van der Waals surface area contributed by atoms with E-state index in [1.807, 2.05) is 13.8 Å². The summed E-state index contributed by atoms with van der Waals surface area (Å²) >= 11 is 0. The molecule has 0 spiro atoms. The number of aryl methyl sites for hydroxylation is 1. The van der Waals surface area contributed by atoms with Crippen LogP contribution >= 0.6 is 0 Å². The lowest BCUT2D eigenvalue weighted by Gasteiger charge is -2.31. The summed E-state index contributed by atoms with van der Waals surface area (Å²) in [4.78, 5) is 11.8. The number of rotatable bonds is 7. The Kier molecular flexibility index (Phi) is 6.71. The number of aliphatic hydroxyl groups excluding tert-OH is 1. The van der Waals surface area contributed by atoms with Gasteiger partial charge in [0.05, 0.1) is 30.1 Å². The van der Waals surface area contributed by atoms with Crippen molar-refractivity contribution < 1.29 is 23.1 Å². The molecule has 0 saturated carbocycles. The van der Waals surface area contributed by atoms with Crippen molar-refractivity contribution in [3.8, 4) is 0 Å². The number of aliphatic hydroxyl groups is 1. The second-order valence-corrected chi connectivity index (χ2v) is 7.61. The highest BCUT2D eigenvalue weighted by Gasteiger charge is 2.31. The van der Waals surface area contributed by atoms with Crippen molar-refractivity contribution in [2.45, 2.75) is 43.4 Å². The van der Waals surface area contributed by atoms with E-state index in [9.17, 15) is 18.3 Å². The third kappa shape index (κ3) is 5.37. The molecule has 0 aromatic heterocycles. The second-order valence-electron chi connectivity index (χ2n) is 5.90. The molecule has 3 atom stereocenters. The maximum absolute atomic E-state index is 12.5. The summed E-state index contributed by atoms with van der Waals surface area (Å²) in [6.45, 7) is 3.86. The highest BCUT2D eigenvalue weighted by Crippen LogP contribution is 2.18. The van der Waals surface area contributed by atoms with Gasteiger partial charge in [-0.2, -0.15) is 0 Å². The van der Waals surface area contributed by atoms with Crippen molar-refractivity contribution in [2.24, 2.45) is 0 Å². The summed E-state index contributed by atoms with van der Waals surface area (Å²) in [7, 11) is -3.74. The zero-order valence-corrected chi connectivity index (χ0v) is 15.1. The first-order chi connectivity index (χ1) is 11.9. The third-order valence-corrected chi connectivity index (χ3v) is 5.32. The Morgan fingerprint density at radius 3 is 2.52 bits per heavy atom. The van der Waals surface area contributed by atoms with Crippen molar-refractivity contribution in [3.05, 3.63) is 42.0 Å². The molecule has 2 rings (SSSR count). The molecule has 138 valence electrons. The fraction of sp³-hybridized carbons (Fsp3) is 0.471. The first-order valence-electron chi connectivity index (χ1n) is 8.16. The highest BCUT2D eigenvalue weighted by atomic mass is 32.2. The van der Waals surface area contributed by atoms with Crippen molar-refractivity contribution in [3.63, 3.8) is 0 Å². The zero-order valence-electron chi connectivity index (χ0n) is 14.3. The Labute approximate surface area is 148 Å². The minimum Gasteiger partial charge on any atom is -0.394 e. The smallest absolute Gasteiger partial charge is 0.241 e. The van der Waals surface area contributed by atoms with Gasteiger partial charge in [0, 0.05) is 6.54 Å². The monoisotopic (exact) mass is 368 g/mol. The third-order valence-electron chi connectivity index (χ3n) is 3.85. The number of carbonyl (C=O) groups excluding carboxylic acids is 1.